The standard InChI is InChI=1S/C32H30F3NO6SSi/c1-31(2,3)44(5,6)29-20-14-10-11-15-21(20)30(38)36(4)25-16-23-22(19-12-8-7-9-13-19)18-27(37)41-26(23)17-24(25)28(29)42-43(39,40)32(33,34)35/h7-18H,1-6H3/b29-28-. The average Bonchev–Trinajstić information content (AvgIpc) is 2.94. The lowest BCUT2D eigenvalue weighted by Crippen LogP contribution is -2.42. The second-order valence-corrected chi connectivity index (χ2v) is 19.0. The van der Waals surface area contributed by atoms with Crippen molar-refractivity contribution in [3.05, 3.63) is 99.9 Å². The lowest BCUT2D eigenvalue weighted by atomic mass is 9.96. The molecule has 3 aromatic carbocycles. The van der Waals surface area contributed by atoms with Crippen LogP contribution < -0.4 is 10.5 Å². The zero-order valence-corrected chi connectivity index (χ0v) is 26.7. The van der Waals surface area contributed by atoms with Crippen LogP contribution >= 0.6 is 0 Å². The average molecular weight is 642 g/mol. The summed E-state index contributed by atoms with van der Waals surface area (Å²) in [5.74, 6) is -1.03. The minimum atomic E-state index is -6.18. The van der Waals surface area contributed by atoms with Crippen molar-refractivity contribution in [1.29, 1.82) is 0 Å². The summed E-state index contributed by atoms with van der Waals surface area (Å²) in [4.78, 5) is 28.0. The molecule has 4 aromatic rings. The van der Waals surface area contributed by atoms with E-state index in [0.29, 0.717) is 16.5 Å². The highest BCUT2D eigenvalue weighted by Gasteiger charge is 2.51. The zero-order chi connectivity index (χ0) is 32.4. The third-order valence-corrected chi connectivity index (χ3v) is 14.9. The maximum Gasteiger partial charge on any atom is 0.534 e. The van der Waals surface area contributed by atoms with Gasteiger partial charge in [0, 0.05) is 29.6 Å². The smallest absolute Gasteiger partial charge is 0.423 e. The Morgan fingerprint density at radius 2 is 1.41 bits per heavy atom. The van der Waals surface area contributed by atoms with Gasteiger partial charge in [0.2, 0.25) is 0 Å². The predicted molar refractivity (Wildman–Crippen MR) is 167 cm³/mol. The Kier molecular flexibility index (Phi) is 7.45. The summed E-state index contributed by atoms with van der Waals surface area (Å²) in [5, 5.41) is 0.0385. The first kappa shape index (κ1) is 31.3. The van der Waals surface area contributed by atoms with Gasteiger partial charge in [0.15, 0.2) is 5.76 Å². The van der Waals surface area contributed by atoms with Gasteiger partial charge >= 0.3 is 21.3 Å². The Morgan fingerprint density at radius 1 is 0.818 bits per heavy atom. The number of anilines is 1. The van der Waals surface area contributed by atoms with Crippen LogP contribution in [-0.4, -0.2) is 35.0 Å². The Balaban J connectivity index is 2.03. The molecular weight excluding hydrogens is 611 g/mol. The van der Waals surface area contributed by atoms with Crippen molar-refractivity contribution in [1.82, 2.24) is 0 Å². The maximum absolute atomic E-state index is 14.1. The Morgan fingerprint density at radius 3 is 2.00 bits per heavy atom. The van der Waals surface area contributed by atoms with E-state index < -0.39 is 46.0 Å². The van der Waals surface area contributed by atoms with E-state index in [9.17, 15) is 31.2 Å². The van der Waals surface area contributed by atoms with Crippen LogP contribution in [0.1, 0.15) is 42.3 Å². The van der Waals surface area contributed by atoms with Crippen LogP contribution in [0.4, 0.5) is 18.9 Å². The van der Waals surface area contributed by atoms with Gasteiger partial charge in [-0.3, -0.25) is 4.79 Å². The SMILES string of the molecule is CN1C(=O)c2ccccc2/C([Si](C)(C)C(C)(C)C)=C(/OS(=O)(=O)C(F)(F)F)c2cc3oc(=O)cc(-c4ccccc4)c3cc21. The number of carbonyl (C=O) groups excluding carboxylic acids is 1. The van der Waals surface area contributed by atoms with Gasteiger partial charge in [-0.25, -0.2) is 4.79 Å². The number of hydrogen-bond donors (Lipinski definition) is 0. The Hall–Kier alpha value is -4.16. The molecular formula is C32H30F3NO6SSi. The van der Waals surface area contributed by atoms with Gasteiger partial charge in [-0.15, -0.1) is 0 Å². The van der Waals surface area contributed by atoms with Crippen LogP contribution in [0.15, 0.2) is 82.0 Å². The normalized spacial score (nSPS) is 16.3. The zero-order valence-electron chi connectivity index (χ0n) is 24.9. The fourth-order valence-electron chi connectivity index (χ4n) is 5.19. The topological polar surface area (TPSA) is 93.9 Å². The monoisotopic (exact) mass is 641 g/mol. The van der Waals surface area contributed by atoms with Crippen LogP contribution in [0.5, 0.6) is 0 Å². The quantitative estimate of drug-likeness (QED) is 0.0976. The van der Waals surface area contributed by atoms with Crippen molar-refractivity contribution in [2.45, 2.75) is 44.4 Å². The molecule has 2 heterocycles. The number of fused-ring (bicyclic) bond motifs is 3. The van der Waals surface area contributed by atoms with Gasteiger partial charge in [0.1, 0.15) is 5.58 Å². The molecule has 0 saturated carbocycles. The number of nitrogens with zero attached hydrogens (tertiary/aromatic N) is 1. The number of amides is 1. The molecule has 5 rings (SSSR count). The maximum atomic E-state index is 14.1. The van der Waals surface area contributed by atoms with Crippen molar-refractivity contribution in [2.24, 2.45) is 0 Å². The molecule has 44 heavy (non-hydrogen) atoms. The molecule has 1 aromatic heterocycles. The molecule has 0 aliphatic carbocycles. The van der Waals surface area contributed by atoms with E-state index in [1.807, 2.05) is 33.9 Å². The number of alkyl halides is 3. The summed E-state index contributed by atoms with van der Waals surface area (Å²) in [5.41, 5.74) is -4.99. The van der Waals surface area contributed by atoms with Crippen LogP contribution in [-0.2, 0) is 14.3 Å². The molecule has 0 unspecified atom stereocenters. The number of hydrogen-bond acceptors (Lipinski definition) is 6. The summed E-state index contributed by atoms with van der Waals surface area (Å²) in [6.07, 6.45) is 0. The minimum Gasteiger partial charge on any atom is -0.423 e. The second kappa shape index (κ2) is 10.5. The van der Waals surface area contributed by atoms with Crippen LogP contribution in [0.2, 0.25) is 18.1 Å². The van der Waals surface area contributed by atoms with Crippen molar-refractivity contribution < 1.29 is 35.0 Å². The van der Waals surface area contributed by atoms with Gasteiger partial charge in [0.05, 0.1) is 13.8 Å². The minimum absolute atomic E-state index is 0.0232. The van der Waals surface area contributed by atoms with Gasteiger partial charge in [-0.2, -0.15) is 21.6 Å². The molecule has 1 aliphatic rings. The Labute approximate surface area is 253 Å². The largest absolute Gasteiger partial charge is 0.534 e. The number of benzene rings is 3. The number of rotatable bonds is 4. The summed E-state index contributed by atoms with van der Waals surface area (Å²) in [7, 11) is -7.78. The molecule has 0 spiro atoms. The molecule has 230 valence electrons. The van der Waals surface area contributed by atoms with Gasteiger partial charge in [-0.1, -0.05) is 82.4 Å². The summed E-state index contributed by atoms with van der Waals surface area (Å²) >= 11 is 0. The predicted octanol–water partition coefficient (Wildman–Crippen LogP) is 7.83. The van der Waals surface area contributed by atoms with Crippen LogP contribution in [0, 0.1) is 0 Å². The highest BCUT2D eigenvalue weighted by atomic mass is 32.2. The van der Waals surface area contributed by atoms with E-state index in [1.54, 1.807) is 54.6 Å². The van der Waals surface area contributed by atoms with Gasteiger partial charge in [0.25, 0.3) is 5.91 Å². The first-order valence-electron chi connectivity index (χ1n) is 13.7. The van der Waals surface area contributed by atoms with E-state index in [1.165, 1.54) is 30.1 Å². The molecule has 0 N–H and O–H groups in total. The highest BCUT2D eigenvalue weighted by molar-refractivity contribution is 7.87. The first-order valence-corrected chi connectivity index (χ1v) is 18.1. The molecule has 0 atom stereocenters. The fourth-order valence-corrected chi connectivity index (χ4v) is 8.14. The van der Waals surface area contributed by atoms with Crippen molar-refractivity contribution in [2.75, 3.05) is 11.9 Å². The summed E-state index contributed by atoms with van der Waals surface area (Å²) in [6, 6.07) is 19.4. The third-order valence-electron chi connectivity index (χ3n) is 8.49. The highest BCUT2D eigenvalue weighted by Crippen LogP contribution is 2.51. The second-order valence-electron chi connectivity index (χ2n) is 12.2. The molecule has 12 heteroatoms. The molecule has 0 bridgehead atoms. The van der Waals surface area contributed by atoms with Gasteiger partial charge < -0.3 is 13.5 Å². The van der Waals surface area contributed by atoms with Crippen molar-refractivity contribution in [3.63, 3.8) is 0 Å². The van der Waals surface area contributed by atoms with E-state index in [4.69, 9.17) is 8.60 Å². The molecule has 0 saturated heterocycles. The fraction of sp³-hybridized carbons (Fsp3) is 0.250. The molecule has 7 nitrogen and oxygen atoms in total. The lowest BCUT2D eigenvalue weighted by molar-refractivity contribution is -0.0509. The molecule has 1 aliphatic heterocycles. The van der Waals surface area contributed by atoms with E-state index in [2.05, 4.69) is 0 Å². The summed E-state index contributed by atoms with van der Waals surface area (Å²) in [6.45, 7) is 9.48. The lowest BCUT2D eigenvalue weighted by Gasteiger charge is -2.41. The van der Waals surface area contributed by atoms with Crippen LogP contribution in [0.25, 0.3) is 33.1 Å². The van der Waals surface area contributed by atoms with Crippen LogP contribution in [0.3, 0.4) is 0 Å². The molecule has 0 radical (unpaired) electrons. The number of carbonyl (C=O) groups is 1. The Bertz CT molecular complexity index is 2010. The van der Waals surface area contributed by atoms with Crippen molar-refractivity contribution in [3.8, 4) is 11.1 Å². The summed E-state index contributed by atoms with van der Waals surface area (Å²) < 4.78 is 78.0. The number of halogens is 3. The van der Waals surface area contributed by atoms with Gasteiger partial charge in [-0.05, 0) is 45.1 Å². The van der Waals surface area contributed by atoms with E-state index >= 15 is 0 Å². The van der Waals surface area contributed by atoms with E-state index in [0.717, 1.165) is 0 Å². The van der Waals surface area contributed by atoms with E-state index in [-0.39, 0.29) is 33.2 Å². The first-order chi connectivity index (χ1) is 20.3. The van der Waals surface area contributed by atoms with Crippen molar-refractivity contribution >= 4 is 51.7 Å². The third kappa shape index (κ3) is 5.15. The molecule has 0 fully saturated rings. The molecule has 1 amide bonds.